The van der Waals surface area contributed by atoms with Crippen molar-refractivity contribution in [1.82, 2.24) is 4.98 Å². The van der Waals surface area contributed by atoms with E-state index < -0.39 is 5.97 Å². The number of anilines is 1. The van der Waals surface area contributed by atoms with Gasteiger partial charge in [0.05, 0.1) is 16.6 Å². The molecule has 1 aromatic heterocycles. The van der Waals surface area contributed by atoms with Gasteiger partial charge in [-0.15, -0.1) is 6.42 Å². The highest BCUT2D eigenvalue weighted by Gasteiger charge is 2.10. The van der Waals surface area contributed by atoms with Crippen LogP contribution in [0.3, 0.4) is 0 Å². The second-order valence-corrected chi connectivity index (χ2v) is 3.75. The van der Waals surface area contributed by atoms with Gasteiger partial charge < -0.3 is 10.0 Å². The van der Waals surface area contributed by atoms with Gasteiger partial charge in [-0.1, -0.05) is 5.92 Å². The highest BCUT2D eigenvalue weighted by atomic mass is 79.9. The van der Waals surface area contributed by atoms with Crippen LogP contribution >= 0.6 is 15.9 Å². The summed E-state index contributed by atoms with van der Waals surface area (Å²) < 4.78 is 0.611. The molecular weight excluding hydrogens is 260 g/mol. The maximum atomic E-state index is 10.7. The number of terminal acetylenes is 1. The molecule has 0 unspecified atom stereocenters. The molecule has 1 rings (SSSR count). The van der Waals surface area contributed by atoms with Crippen molar-refractivity contribution in [2.75, 3.05) is 18.5 Å². The number of rotatable bonds is 3. The molecule has 0 spiro atoms. The molecule has 0 aliphatic rings. The predicted octanol–water partition coefficient (Wildman–Crippen LogP) is 1.61. The number of hydrogen-bond acceptors (Lipinski definition) is 3. The maximum absolute atomic E-state index is 10.7. The second kappa shape index (κ2) is 4.80. The molecule has 0 amide bonds. The minimum absolute atomic E-state index is 0.139. The molecule has 0 atom stereocenters. The molecule has 1 heterocycles. The lowest BCUT2D eigenvalue weighted by molar-refractivity contribution is 0.0696. The topological polar surface area (TPSA) is 53.4 Å². The Labute approximate surface area is 96.1 Å². The van der Waals surface area contributed by atoms with Crippen molar-refractivity contribution in [1.29, 1.82) is 0 Å². The molecule has 0 saturated carbocycles. The van der Waals surface area contributed by atoms with Crippen molar-refractivity contribution in [3.63, 3.8) is 0 Å². The highest BCUT2D eigenvalue weighted by molar-refractivity contribution is 9.10. The van der Waals surface area contributed by atoms with Gasteiger partial charge in [-0.2, -0.15) is 0 Å². The molecule has 0 fully saturated rings. The van der Waals surface area contributed by atoms with Gasteiger partial charge in [0.2, 0.25) is 0 Å². The number of carbonyl (C=O) groups is 1. The maximum Gasteiger partial charge on any atom is 0.337 e. The SMILES string of the molecule is C#CCN(C)c1ncc(C(=O)O)cc1Br. The number of carboxylic acids is 1. The zero-order chi connectivity index (χ0) is 11.4. The molecule has 0 aromatic carbocycles. The van der Waals surface area contributed by atoms with Gasteiger partial charge in [-0.25, -0.2) is 9.78 Å². The summed E-state index contributed by atoms with van der Waals surface area (Å²) in [4.78, 5) is 16.4. The first kappa shape index (κ1) is 11.5. The molecule has 4 nitrogen and oxygen atoms in total. The van der Waals surface area contributed by atoms with Gasteiger partial charge in [0, 0.05) is 13.2 Å². The molecule has 0 radical (unpaired) electrons. The zero-order valence-corrected chi connectivity index (χ0v) is 9.65. The molecular formula is C10H9BrN2O2. The first-order valence-electron chi connectivity index (χ1n) is 4.09. The smallest absolute Gasteiger partial charge is 0.337 e. The summed E-state index contributed by atoms with van der Waals surface area (Å²) in [6.45, 7) is 0.415. The number of aromatic carboxylic acids is 1. The number of aromatic nitrogens is 1. The molecule has 0 bridgehead atoms. The van der Waals surface area contributed by atoms with Gasteiger partial charge in [-0.3, -0.25) is 0 Å². The Balaban J connectivity index is 3.03. The lowest BCUT2D eigenvalue weighted by Gasteiger charge is -2.16. The lowest BCUT2D eigenvalue weighted by Crippen LogP contribution is -2.19. The fourth-order valence-corrected chi connectivity index (χ4v) is 1.69. The number of nitrogens with zero attached hydrogens (tertiary/aromatic N) is 2. The monoisotopic (exact) mass is 268 g/mol. The molecule has 1 N–H and O–H groups in total. The highest BCUT2D eigenvalue weighted by Crippen LogP contribution is 2.23. The Kier molecular flexibility index (Phi) is 3.69. The molecule has 0 saturated heterocycles. The number of carboxylic acid groups (broad SMARTS) is 1. The fraction of sp³-hybridized carbons (Fsp3) is 0.200. The van der Waals surface area contributed by atoms with E-state index in [0.717, 1.165) is 0 Å². The first-order chi connectivity index (χ1) is 7.06. The van der Waals surface area contributed by atoms with Crippen LogP contribution in [0.25, 0.3) is 0 Å². The first-order valence-corrected chi connectivity index (χ1v) is 4.89. The molecule has 0 aliphatic carbocycles. The third-order valence-corrected chi connectivity index (χ3v) is 2.34. The Bertz CT molecular complexity index is 426. The third kappa shape index (κ3) is 2.70. The van der Waals surface area contributed by atoms with E-state index in [1.807, 2.05) is 0 Å². The Hall–Kier alpha value is -1.54. The van der Waals surface area contributed by atoms with E-state index in [-0.39, 0.29) is 5.56 Å². The lowest BCUT2D eigenvalue weighted by atomic mass is 10.3. The van der Waals surface area contributed by atoms with Crippen LogP contribution in [0.5, 0.6) is 0 Å². The van der Waals surface area contributed by atoms with E-state index in [1.165, 1.54) is 12.3 Å². The summed E-state index contributed by atoms with van der Waals surface area (Å²) in [5.74, 6) is 2.10. The van der Waals surface area contributed by atoms with E-state index in [0.29, 0.717) is 16.8 Å². The van der Waals surface area contributed by atoms with Gasteiger partial charge >= 0.3 is 5.97 Å². The van der Waals surface area contributed by atoms with Crippen LogP contribution in [0.1, 0.15) is 10.4 Å². The summed E-state index contributed by atoms with van der Waals surface area (Å²) in [6, 6.07) is 1.50. The Morgan fingerprint density at radius 1 is 1.80 bits per heavy atom. The van der Waals surface area contributed by atoms with Crippen molar-refractivity contribution in [2.24, 2.45) is 0 Å². The number of halogens is 1. The molecule has 0 aliphatic heterocycles. The minimum Gasteiger partial charge on any atom is -0.478 e. The summed E-state index contributed by atoms with van der Waals surface area (Å²) >= 11 is 3.25. The quantitative estimate of drug-likeness (QED) is 0.847. The van der Waals surface area contributed by atoms with Crippen molar-refractivity contribution in [3.8, 4) is 12.3 Å². The largest absolute Gasteiger partial charge is 0.478 e. The van der Waals surface area contributed by atoms with Crippen LogP contribution in [0.2, 0.25) is 0 Å². The normalized spacial score (nSPS) is 9.40. The van der Waals surface area contributed by atoms with E-state index in [1.54, 1.807) is 11.9 Å². The second-order valence-electron chi connectivity index (χ2n) is 2.89. The molecule has 1 aromatic rings. The van der Waals surface area contributed by atoms with Crippen LogP contribution in [0.4, 0.5) is 5.82 Å². The molecule has 5 heteroatoms. The van der Waals surface area contributed by atoms with E-state index in [2.05, 4.69) is 26.8 Å². The van der Waals surface area contributed by atoms with Gasteiger partial charge in [-0.05, 0) is 22.0 Å². The Morgan fingerprint density at radius 2 is 2.47 bits per heavy atom. The summed E-state index contributed by atoms with van der Waals surface area (Å²) in [7, 11) is 1.79. The third-order valence-electron chi connectivity index (χ3n) is 1.76. The van der Waals surface area contributed by atoms with Gasteiger partial charge in [0.15, 0.2) is 0 Å². The molecule has 15 heavy (non-hydrogen) atoms. The summed E-state index contributed by atoms with van der Waals surface area (Å²) in [5.41, 5.74) is 0.139. The van der Waals surface area contributed by atoms with Crippen LogP contribution in [0, 0.1) is 12.3 Å². The minimum atomic E-state index is -1.01. The molecule has 78 valence electrons. The van der Waals surface area contributed by atoms with E-state index in [4.69, 9.17) is 11.5 Å². The van der Waals surface area contributed by atoms with Crippen molar-refractivity contribution in [2.45, 2.75) is 0 Å². The summed E-state index contributed by atoms with van der Waals surface area (Å²) in [5, 5.41) is 8.74. The van der Waals surface area contributed by atoms with Crippen molar-refractivity contribution < 1.29 is 9.90 Å². The van der Waals surface area contributed by atoms with Gasteiger partial charge in [0.25, 0.3) is 0 Å². The predicted molar refractivity (Wildman–Crippen MR) is 61.0 cm³/mol. The standard InChI is InChI=1S/C10H9BrN2O2/c1-3-4-13(2)9-8(11)5-7(6-12-9)10(14)15/h1,5-6H,4H2,2H3,(H,14,15). The van der Waals surface area contributed by atoms with Crippen LogP contribution < -0.4 is 4.90 Å². The van der Waals surface area contributed by atoms with Crippen LogP contribution in [-0.4, -0.2) is 29.7 Å². The average molecular weight is 269 g/mol. The van der Waals surface area contributed by atoms with Crippen LogP contribution in [-0.2, 0) is 0 Å². The zero-order valence-electron chi connectivity index (χ0n) is 8.07. The number of pyridine rings is 1. The van der Waals surface area contributed by atoms with E-state index >= 15 is 0 Å². The summed E-state index contributed by atoms with van der Waals surface area (Å²) in [6.07, 6.45) is 6.47. The van der Waals surface area contributed by atoms with Gasteiger partial charge in [0.1, 0.15) is 5.82 Å². The Morgan fingerprint density at radius 3 is 2.93 bits per heavy atom. The van der Waals surface area contributed by atoms with Crippen molar-refractivity contribution >= 4 is 27.7 Å². The van der Waals surface area contributed by atoms with E-state index in [9.17, 15) is 4.79 Å². The van der Waals surface area contributed by atoms with Crippen LogP contribution in [0.15, 0.2) is 16.7 Å². The van der Waals surface area contributed by atoms with Crippen molar-refractivity contribution in [3.05, 3.63) is 22.3 Å². The number of hydrogen-bond donors (Lipinski definition) is 1. The fourth-order valence-electron chi connectivity index (χ4n) is 1.04. The average Bonchev–Trinajstić information content (AvgIpc) is 2.17.